The van der Waals surface area contributed by atoms with Gasteiger partial charge >= 0.3 is 5.69 Å². The van der Waals surface area contributed by atoms with E-state index in [1.54, 1.807) is 25.4 Å². The molecule has 8 nitrogen and oxygen atoms in total. The van der Waals surface area contributed by atoms with Gasteiger partial charge in [-0.3, -0.25) is 14.3 Å². The first-order valence-corrected chi connectivity index (χ1v) is 6.90. The van der Waals surface area contributed by atoms with Gasteiger partial charge < -0.3 is 9.84 Å². The monoisotopic (exact) mass is 306 g/mol. The predicted octanol–water partition coefficient (Wildman–Crippen LogP) is -0.00848. The van der Waals surface area contributed by atoms with Crippen molar-refractivity contribution in [2.75, 3.05) is 6.61 Å². The van der Waals surface area contributed by atoms with Crippen LogP contribution < -0.4 is 11.2 Å². The third-order valence-electron chi connectivity index (χ3n) is 3.22. The Balaban J connectivity index is 0.000000246. The molecule has 1 aliphatic rings. The number of aliphatic hydroxyl groups is 1. The maximum Gasteiger partial charge on any atom is 0.330 e. The van der Waals surface area contributed by atoms with Crippen molar-refractivity contribution in [2.45, 2.75) is 32.1 Å². The third kappa shape index (κ3) is 4.09. The van der Waals surface area contributed by atoms with Crippen molar-refractivity contribution >= 4 is 0 Å². The van der Waals surface area contributed by atoms with Crippen LogP contribution in [0.1, 0.15) is 24.6 Å². The first-order valence-electron chi connectivity index (χ1n) is 6.90. The fourth-order valence-electron chi connectivity index (χ4n) is 2.08. The molecule has 0 bridgehead atoms. The van der Waals surface area contributed by atoms with Crippen molar-refractivity contribution < 1.29 is 9.84 Å². The molecule has 2 aromatic heterocycles. The Kier molecular flexibility index (Phi) is 5.56. The number of rotatable bonds is 2. The van der Waals surface area contributed by atoms with Gasteiger partial charge in [0.25, 0.3) is 5.56 Å². The number of nitrogens with one attached hydrogen (secondary N) is 1. The Bertz CT molecular complexity index is 671. The molecule has 2 N–H and O–H groups in total. The summed E-state index contributed by atoms with van der Waals surface area (Å²) in [5.74, 6) is 0. The molecule has 0 aliphatic carbocycles. The zero-order chi connectivity index (χ0) is 15.9. The number of aryl methyl sites for hydroxylation is 1. The number of hydrogen-bond acceptors (Lipinski definition) is 6. The van der Waals surface area contributed by atoms with Crippen LogP contribution in [0.5, 0.6) is 0 Å². The molecule has 22 heavy (non-hydrogen) atoms. The van der Waals surface area contributed by atoms with Crippen LogP contribution in [0.25, 0.3) is 0 Å². The van der Waals surface area contributed by atoms with Crippen molar-refractivity contribution in [1.29, 1.82) is 0 Å². The molecule has 3 rings (SSSR count). The van der Waals surface area contributed by atoms with Gasteiger partial charge in [0.1, 0.15) is 12.6 Å². The SMILES string of the molecule is Cc1cn([C@H]2CC[C@@H](CO)O2)c(=O)[nH]c1=O.c1cncnc1. The van der Waals surface area contributed by atoms with Gasteiger partial charge in [-0.25, -0.2) is 14.8 Å². The van der Waals surface area contributed by atoms with E-state index in [2.05, 4.69) is 15.0 Å². The van der Waals surface area contributed by atoms with Crippen molar-refractivity contribution in [3.63, 3.8) is 0 Å². The number of ether oxygens (including phenoxy) is 1. The summed E-state index contributed by atoms with van der Waals surface area (Å²) in [6, 6.07) is 1.78. The molecule has 1 fully saturated rings. The fraction of sp³-hybridized carbons (Fsp3) is 0.429. The highest BCUT2D eigenvalue weighted by Gasteiger charge is 2.26. The van der Waals surface area contributed by atoms with Crippen molar-refractivity contribution in [3.05, 3.63) is 57.4 Å². The van der Waals surface area contributed by atoms with Gasteiger partial charge in [-0.15, -0.1) is 0 Å². The second-order valence-electron chi connectivity index (χ2n) is 4.86. The van der Waals surface area contributed by atoms with Crippen LogP contribution >= 0.6 is 0 Å². The molecule has 1 saturated heterocycles. The van der Waals surface area contributed by atoms with E-state index in [1.807, 2.05) is 0 Å². The summed E-state index contributed by atoms with van der Waals surface area (Å²) in [7, 11) is 0. The van der Waals surface area contributed by atoms with Gasteiger partial charge in [0.15, 0.2) is 0 Å². The summed E-state index contributed by atoms with van der Waals surface area (Å²) < 4.78 is 6.83. The van der Waals surface area contributed by atoms with Crippen molar-refractivity contribution in [3.8, 4) is 0 Å². The molecule has 0 aromatic carbocycles. The molecule has 0 unspecified atom stereocenters. The van der Waals surface area contributed by atoms with Gasteiger partial charge in [0, 0.05) is 24.2 Å². The van der Waals surface area contributed by atoms with Crippen molar-refractivity contribution in [2.24, 2.45) is 0 Å². The van der Waals surface area contributed by atoms with Crippen LogP contribution in [0.15, 0.2) is 40.6 Å². The molecule has 2 aromatic rings. The molecule has 8 heteroatoms. The van der Waals surface area contributed by atoms with Crippen molar-refractivity contribution in [1.82, 2.24) is 19.5 Å². The number of aliphatic hydroxyl groups excluding tert-OH is 1. The Morgan fingerprint density at radius 3 is 2.59 bits per heavy atom. The lowest BCUT2D eigenvalue weighted by molar-refractivity contribution is -0.0247. The van der Waals surface area contributed by atoms with E-state index < -0.39 is 5.69 Å². The van der Waals surface area contributed by atoms with E-state index in [0.29, 0.717) is 18.4 Å². The molecule has 3 heterocycles. The summed E-state index contributed by atoms with van der Waals surface area (Å²) in [5.41, 5.74) is -0.382. The third-order valence-corrected chi connectivity index (χ3v) is 3.22. The van der Waals surface area contributed by atoms with Crippen LogP contribution in [0.2, 0.25) is 0 Å². The zero-order valence-electron chi connectivity index (χ0n) is 12.2. The number of H-pyrrole nitrogens is 1. The Morgan fingerprint density at radius 2 is 2.09 bits per heavy atom. The summed E-state index contributed by atoms with van der Waals surface area (Å²) in [6.45, 7) is 1.58. The largest absolute Gasteiger partial charge is 0.394 e. The minimum absolute atomic E-state index is 0.0480. The second-order valence-corrected chi connectivity index (χ2v) is 4.86. The molecular weight excluding hydrogens is 288 g/mol. The van der Waals surface area contributed by atoms with E-state index >= 15 is 0 Å². The highest BCUT2D eigenvalue weighted by molar-refractivity contribution is 5.01. The van der Waals surface area contributed by atoms with E-state index in [1.165, 1.54) is 17.1 Å². The Hall–Kier alpha value is -2.32. The number of nitrogens with zero attached hydrogens (tertiary/aromatic N) is 3. The lowest BCUT2D eigenvalue weighted by Gasteiger charge is -2.14. The standard InChI is InChI=1S/C10H14N2O4.C4H4N2/c1-6-4-12(10(15)11-9(6)14)8-3-2-7(5-13)16-8;1-2-5-4-6-3-1/h4,7-8,13H,2-3,5H2,1H3,(H,11,14,15);1-4H/t7-,8+;/m0./s1. The van der Waals surface area contributed by atoms with E-state index in [9.17, 15) is 9.59 Å². The minimum atomic E-state index is -0.473. The Morgan fingerprint density at radius 1 is 1.36 bits per heavy atom. The molecule has 0 amide bonds. The highest BCUT2D eigenvalue weighted by Crippen LogP contribution is 2.26. The summed E-state index contributed by atoms with van der Waals surface area (Å²) in [6.07, 6.45) is 7.14. The fourth-order valence-corrected chi connectivity index (χ4v) is 2.08. The first kappa shape index (κ1) is 16.1. The Labute approximate surface area is 126 Å². The lowest BCUT2D eigenvalue weighted by Crippen LogP contribution is -2.33. The summed E-state index contributed by atoms with van der Waals surface area (Å²) in [5, 5.41) is 8.93. The van der Waals surface area contributed by atoms with Crippen LogP contribution in [0.3, 0.4) is 0 Å². The molecule has 0 saturated carbocycles. The van der Waals surface area contributed by atoms with Crippen LogP contribution in [0.4, 0.5) is 0 Å². The quantitative estimate of drug-likeness (QED) is 0.807. The predicted molar refractivity (Wildman–Crippen MR) is 78.3 cm³/mol. The lowest BCUT2D eigenvalue weighted by atomic mass is 10.2. The average molecular weight is 306 g/mol. The van der Waals surface area contributed by atoms with Gasteiger partial charge in [-0.1, -0.05) is 0 Å². The molecule has 1 aliphatic heterocycles. The maximum atomic E-state index is 11.5. The molecule has 118 valence electrons. The minimum Gasteiger partial charge on any atom is -0.394 e. The number of aromatic nitrogens is 4. The zero-order valence-corrected chi connectivity index (χ0v) is 12.2. The van der Waals surface area contributed by atoms with Gasteiger partial charge in [0.2, 0.25) is 0 Å². The topological polar surface area (TPSA) is 110 Å². The van der Waals surface area contributed by atoms with E-state index in [-0.39, 0.29) is 24.5 Å². The van der Waals surface area contributed by atoms with Crippen LogP contribution in [0, 0.1) is 6.92 Å². The van der Waals surface area contributed by atoms with E-state index in [0.717, 1.165) is 0 Å². The smallest absolute Gasteiger partial charge is 0.330 e. The normalized spacial score (nSPS) is 20.3. The average Bonchev–Trinajstić information content (AvgIpc) is 3.02. The molecule has 0 radical (unpaired) electrons. The van der Waals surface area contributed by atoms with Gasteiger partial charge in [-0.05, 0) is 25.8 Å². The van der Waals surface area contributed by atoms with Gasteiger partial charge in [0.05, 0.1) is 12.7 Å². The first-order chi connectivity index (χ1) is 10.6. The van der Waals surface area contributed by atoms with Gasteiger partial charge in [-0.2, -0.15) is 0 Å². The highest BCUT2D eigenvalue weighted by atomic mass is 16.5. The second kappa shape index (κ2) is 7.62. The van der Waals surface area contributed by atoms with Crippen LogP contribution in [-0.4, -0.2) is 37.3 Å². The van der Waals surface area contributed by atoms with Crippen LogP contribution in [-0.2, 0) is 4.74 Å². The summed E-state index contributed by atoms with van der Waals surface area (Å²) >= 11 is 0. The molecular formula is C14H18N4O4. The summed E-state index contributed by atoms with van der Waals surface area (Å²) in [4.78, 5) is 32.3. The maximum absolute atomic E-state index is 11.5. The van der Waals surface area contributed by atoms with E-state index in [4.69, 9.17) is 9.84 Å². The number of aromatic amines is 1. The molecule has 0 spiro atoms. The molecule has 2 atom stereocenters. The number of hydrogen-bond donors (Lipinski definition) is 2.